The predicted octanol–water partition coefficient (Wildman–Crippen LogP) is 4.36. The van der Waals surface area contributed by atoms with E-state index in [1.165, 1.54) is 4.90 Å². The van der Waals surface area contributed by atoms with Crippen molar-refractivity contribution in [3.8, 4) is 0 Å². The highest BCUT2D eigenvalue weighted by atomic mass is 16.2. The van der Waals surface area contributed by atoms with E-state index in [1.807, 2.05) is 82.3 Å². The highest BCUT2D eigenvalue weighted by Gasteiger charge is 2.65. The molecule has 5 heteroatoms. The summed E-state index contributed by atoms with van der Waals surface area (Å²) in [6.07, 6.45) is 1.64. The lowest BCUT2D eigenvalue weighted by molar-refractivity contribution is -0.172. The zero-order chi connectivity index (χ0) is 22.4. The van der Waals surface area contributed by atoms with Crippen LogP contribution in [-0.2, 0) is 20.8 Å². The fourth-order valence-electron chi connectivity index (χ4n) is 5.21. The number of aryl methyl sites for hydroxylation is 1. The van der Waals surface area contributed by atoms with Crippen LogP contribution in [0.1, 0.15) is 44.7 Å². The Kier molecular flexibility index (Phi) is 5.24. The number of nitrogens with zero attached hydrogens (tertiary/aromatic N) is 1. The summed E-state index contributed by atoms with van der Waals surface area (Å²) in [5.74, 6) is -1.02. The molecule has 2 aromatic rings. The van der Waals surface area contributed by atoms with E-state index in [9.17, 15) is 14.4 Å². The maximum absolute atomic E-state index is 13.7. The lowest BCUT2D eigenvalue weighted by Crippen LogP contribution is -2.64. The number of anilines is 1. The molecular formula is C26H30N2O3. The van der Waals surface area contributed by atoms with Gasteiger partial charge in [0.25, 0.3) is 0 Å². The van der Waals surface area contributed by atoms with Crippen molar-refractivity contribution in [3.63, 3.8) is 0 Å². The summed E-state index contributed by atoms with van der Waals surface area (Å²) in [5.41, 5.74) is 1.47. The van der Waals surface area contributed by atoms with E-state index in [0.29, 0.717) is 24.9 Å². The molecule has 2 aromatic carbocycles. The van der Waals surface area contributed by atoms with Crippen molar-refractivity contribution >= 4 is 23.4 Å². The number of nitrogens with one attached hydrogen (secondary N) is 1. The van der Waals surface area contributed by atoms with Gasteiger partial charge in [0.2, 0.25) is 17.7 Å². The first-order valence-electron chi connectivity index (χ1n) is 10.9. The molecule has 3 amide bonds. The van der Waals surface area contributed by atoms with Crippen LogP contribution >= 0.6 is 0 Å². The smallest absolute Gasteiger partial charge is 0.248 e. The number of para-hydroxylation sites is 1. The van der Waals surface area contributed by atoms with E-state index < -0.39 is 16.9 Å². The molecular weight excluding hydrogens is 388 g/mol. The van der Waals surface area contributed by atoms with Crippen molar-refractivity contribution in [1.82, 2.24) is 4.90 Å². The molecule has 2 aliphatic rings. The Balaban J connectivity index is 1.72. The number of carbonyl (C=O) groups excluding carboxylic acids is 3. The molecule has 5 nitrogen and oxygen atoms in total. The van der Waals surface area contributed by atoms with Crippen LogP contribution in [0, 0.1) is 23.7 Å². The van der Waals surface area contributed by atoms with Gasteiger partial charge in [0.15, 0.2) is 0 Å². The molecule has 2 fully saturated rings. The zero-order valence-electron chi connectivity index (χ0n) is 18.6. The lowest BCUT2D eigenvalue weighted by atomic mass is 9.62. The Morgan fingerprint density at radius 2 is 1.71 bits per heavy atom. The molecule has 2 bridgehead atoms. The normalized spacial score (nSPS) is 25.4. The van der Waals surface area contributed by atoms with Crippen LogP contribution in [0.5, 0.6) is 0 Å². The number of likely N-dealkylation sites (tertiary alicyclic amines) is 1. The highest BCUT2D eigenvalue weighted by molar-refractivity contribution is 6.09. The lowest BCUT2D eigenvalue weighted by Gasteiger charge is -2.49. The fourth-order valence-corrected chi connectivity index (χ4v) is 5.21. The molecule has 162 valence electrons. The van der Waals surface area contributed by atoms with Gasteiger partial charge in [0.05, 0.1) is 5.41 Å². The number of hydrogen-bond acceptors (Lipinski definition) is 3. The van der Waals surface area contributed by atoms with Gasteiger partial charge in [-0.2, -0.15) is 0 Å². The minimum absolute atomic E-state index is 0.217. The molecule has 3 atom stereocenters. The van der Waals surface area contributed by atoms with Crippen LogP contribution in [0.2, 0.25) is 0 Å². The average Bonchev–Trinajstić information content (AvgIpc) is 2.93. The first-order valence-corrected chi connectivity index (χ1v) is 10.9. The van der Waals surface area contributed by atoms with Gasteiger partial charge in [-0.3, -0.25) is 19.3 Å². The van der Waals surface area contributed by atoms with Crippen molar-refractivity contribution < 1.29 is 14.4 Å². The second kappa shape index (κ2) is 7.63. The second-order valence-corrected chi connectivity index (χ2v) is 9.67. The third-order valence-electron chi connectivity index (χ3n) is 7.74. The molecule has 1 saturated carbocycles. The van der Waals surface area contributed by atoms with E-state index in [2.05, 4.69) is 5.32 Å². The van der Waals surface area contributed by atoms with Gasteiger partial charge in [0.1, 0.15) is 6.04 Å². The van der Waals surface area contributed by atoms with Crippen LogP contribution in [0.4, 0.5) is 5.69 Å². The topological polar surface area (TPSA) is 66.5 Å². The molecule has 1 aliphatic heterocycles. The Morgan fingerprint density at radius 1 is 1.06 bits per heavy atom. The van der Waals surface area contributed by atoms with E-state index >= 15 is 0 Å². The summed E-state index contributed by atoms with van der Waals surface area (Å²) in [7, 11) is 0. The van der Waals surface area contributed by atoms with Crippen LogP contribution in [-0.4, -0.2) is 28.7 Å². The number of carbonyl (C=O) groups is 3. The molecule has 1 N–H and O–H groups in total. The van der Waals surface area contributed by atoms with E-state index in [-0.39, 0.29) is 23.6 Å². The summed E-state index contributed by atoms with van der Waals surface area (Å²) in [5, 5.41) is 2.97. The number of imide groups is 1. The molecule has 1 aliphatic carbocycles. The van der Waals surface area contributed by atoms with Crippen molar-refractivity contribution in [2.75, 3.05) is 5.32 Å². The van der Waals surface area contributed by atoms with Gasteiger partial charge in [-0.1, -0.05) is 69.3 Å². The summed E-state index contributed by atoms with van der Waals surface area (Å²) >= 11 is 0. The molecule has 31 heavy (non-hydrogen) atoms. The van der Waals surface area contributed by atoms with Gasteiger partial charge < -0.3 is 5.32 Å². The van der Waals surface area contributed by atoms with Crippen LogP contribution in [0.15, 0.2) is 54.6 Å². The molecule has 0 aromatic heterocycles. The fraction of sp³-hybridized carbons (Fsp3) is 0.423. The monoisotopic (exact) mass is 418 g/mol. The largest absolute Gasteiger partial charge is 0.324 e. The Hall–Kier alpha value is -2.95. The zero-order valence-corrected chi connectivity index (χ0v) is 18.6. The molecule has 1 saturated heterocycles. The predicted molar refractivity (Wildman–Crippen MR) is 120 cm³/mol. The third kappa shape index (κ3) is 3.36. The van der Waals surface area contributed by atoms with Crippen molar-refractivity contribution in [1.29, 1.82) is 0 Å². The molecule has 0 spiro atoms. The van der Waals surface area contributed by atoms with Crippen LogP contribution in [0.25, 0.3) is 0 Å². The highest BCUT2D eigenvalue weighted by Crippen LogP contribution is 2.60. The van der Waals surface area contributed by atoms with Gasteiger partial charge >= 0.3 is 0 Å². The first-order chi connectivity index (χ1) is 14.7. The summed E-state index contributed by atoms with van der Waals surface area (Å²) in [4.78, 5) is 42.0. The van der Waals surface area contributed by atoms with Crippen molar-refractivity contribution in [2.24, 2.45) is 16.7 Å². The van der Waals surface area contributed by atoms with Crippen LogP contribution < -0.4 is 5.32 Å². The minimum Gasteiger partial charge on any atom is -0.324 e. The van der Waals surface area contributed by atoms with Gasteiger partial charge in [-0.25, -0.2) is 0 Å². The van der Waals surface area contributed by atoms with Gasteiger partial charge in [-0.15, -0.1) is 0 Å². The molecule has 1 heterocycles. The number of benzene rings is 2. The standard InChI is InChI=1S/C26H30N2O3/c1-17-10-8-9-13-20(17)27-22(29)21(16-18-11-6-5-7-12-18)28-23(30)19-14-15-26(4,24(28)31)25(19,2)3/h5-13,19,21H,14-16H2,1-4H3,(H,27,29). The van der Waals surface area contributed by atoms with E-state index in [0.717, 1.165) is 11.1 Å². The summed E-state index contributed by atoms with van der Waals surface area (Å²) in [6, 6.07) is 16.2. The Morgan fingerprint density at radius 3 is 2.39 bits per heavy atom. The number of rotatable bonds is 5. The minimum atomic E-state index is -0.891. The SMILES string of the molecule is Cc1ccccc1NC(=O)C(Cc1ccccc1)N1C(=O)C2CCC(C)(C1=O)C2(C)C. The third-order valence-corrected chi connectivity index (χ3v) is 7.74. The maximum Gasteiger partial charge on any atom is 0.248 e. The van der Waals surface area contributed by atoms with E-state index in [4.69, 9.17) is 0 Å². The average molecular weight is 419 g/mol. The molecule has 0 radical (unpaired) electrons. The number of piperidine rings is 1. The van der Waals surface area contributed by atoms with Gasteiger partial charge in [-0.05, 0) is 42.4 Å². The van der Waals surface area contributed by atoms with Crippen molar-refractivity contribution in [2.45, 2.75) is 53.0 Å². The Labute approximate surface area is 183 Å². The number of fused-ring (bicyclic) bond motifs is 2. The summed E-state index contributed by atoms with van der Waals surface area (Å²) in [6.45, 7) is 7.89. The quantitative estimate of drug-likeness (QED) is 0.734. The maximum atomic E-state index is 13.7. The Bertz CT molecular complexity index is 1030. The molecule has 4 rings (SSSR count). The van der Waals surface area contributed by atoms with Crippen LogP contribution in [0.3, 0.4) is 0 Å². The summed E-state index contributed by atoms with van der Waals surface area (Å²) < 4.78 is 0. The first kappa shape index (κ1) is 21.3. The number of hydrogen-bond donors (Lipinski definition) is 1. The van der Waals surface area contributed by atoms with Crippen molar-refractivity contribution in [3.05, 3.63) is 65.7 Å². The van der Waals surface area contributed by atoms with Gasteiger partial charge in [0, 0.05) is 18.0 Å². The molecule has 3 unspecified atom stereocenters. The van der Waals surface area contributed by atoms with E-state index in [1.54, 1.807) is 0 Å². The number of amides is 3. The second-order valence-electron chi connectivity index (χ2n) is 9.67.